The van der Waals surface area contributed by atoms with Crippen molar-refractivity contribution in [3.63, 3.8) is 0 Å². The third-order valence-corrected chi connectivity index (χ3v) is 3.28. The summed E-state index contributed by atoms with van der Waals surface area (Å²) in [4.78, 5) is 24.2. The van der Waals surface area contributed by atoms with Crippen LogP contribution in [0.25, 0.3) is 0 Å². The lowest BCUT2D eigenvalue weighted by molar-refractivity contribution is -0.147. The van der Waals surface area contributed by atoms with Gasteiger partial charge in [-0.05, 0) is 32.2 Å². The maximum atomic E-state index is 12.0. The zero-order valence-corrected chi connectivity index (χ0v) is 11.0. The molecular formula is C11H15NO4S. The van der Waals surface area contributed by atoms with E-state index in [4.69, 9.17) is 9.52 Å². The second-order valence-corrected chi connectivity index (χ2v) is 4.86. The van der Waals surface area contributed by atoms with Gasteiger partial charge in [0.15, 0.2) is 10.9 Å². The lowest BCUT2D eigenvalue weighted by atomic mass is 10.0. The SMILES string of the molecule is CSc1ccc(C(=O)N(C)C(C)(C)C(=O)O)o1. The summed E-state index contributed by atoms with van der Waals surface area (Å²) in [5, 5.41) is 9.65. The lowest BCUT2D eigenvalue weighted by Crippen LogP contribution is -2.50. The summed E-state index contributed by atoms with van der Waals surface area (Å²) >= 11 is 1.38. The van der Waals surface area contributed by atoms with Gasteiger partial charge in [-0.25, -0.2) is 4.79 Å². The summed E-state index contributed by atoms with van der Waals surface area (Å²) < 4.78 is 5.27. The molecule has 1 aromatic rings. The van der Waals surface area contributed by atoms with Gasteiger partial charge in [0.2, 0.25) is 0 Å². The first-order chi connectivity index (χ1) is 7.80. The molecule has 0 saturated heterocycles. The molecule has 0 atom stereocenters. The molecule has 0 aliphatic heterocycles. The number of amides is 1. The maximum Gasteiger partial charge on any atom is 0.329 e. The molecule has 0 bridgehead atoms. The van der Waals surface area contributed by atoms with Crippen LogP contribution in [0.1, 0.15) is 24.4 Å². The third-order valence-electron chi connectivity index (χ3n) is 2.66. The van der Waals surface area contributed by atoms with E-state index < -0.39 is 17.4 Å². The maximum absolute atomic E-state index is 12.0. The van der Waals surface area contributed by atoms with Gasteiger partial charge >= 0.3 is 5.97 Å². The van der Waals surface area contributed by atoms with E-state index in [1.165, 1.54) is 32.7 Å². The molecule has 0 unspecified atom stereocenters. The highest BCUT2D eigenvalue weighted by Gasteiger charge is 2.36. The fourth-order valence-corrected chi connectivity index (χ4v) is 1.48. The number of rotatable bonds is 4. The number of hydrogen-bond donors (Lipinski definition) is 1. The van der Waals surface area contributed by atoms with E-state index in [1.807, 2.05) is 6.26 Å². The van der Waals surface area contributed by atoms with Gasteiger partial charge in [0.1, 0.15) is 5.54 Å². The number of carboxylic acid groups (broad SMARTS) is 1. The van der Waals surface area contributed by atoms with Crippen LogP contribution in [0.2, 0.25) is 0 Å². The Bertz CT molecular complexity index is 438. The first-order valence-electron chi connectivity index (χ1n) is 4.96. The first kappa shape index (κ1) is 13.6. The molecule has 1 heterocycles. The molecule has 1 aromatic heterocycles. The Morgan fingerprint density at radius 2 is 2.00 bits per heavy atom. The lowest BCUT2D eigenvalue weighted by Gasteiger charge is -2.30. The van der Waals surface area contributed by atoms with E-state index in [1.54, 1.807) is 12.1 Å². The summed E-state index contributed by atoms with van der Waals surface area (Å²) in [5.74, 6) is -1.37. The van der Waals surface area contributed by atoms with Crippen molar-refractivity contribution in [2.75, 3.05) is 13.3 Å². The van der Waals surface area contributed by atoms with Crippen LogP contribution in [0, 0.1) is 0 Å². The quantitative estimate of drug-likeness (QED) is 0.835. The van der Waals surface area contributed by atoms with Crippen molar-refractivity contribution < 1.29 is 19.1 Å². The van der Waals surface area contributed by atoms with E-state index in [9.17, 15) is 9.59 Å². The second kappa shape index (κ2) is 4.83. The Hall–Kier alpha value is -1.43. The molecule has 0 aliphatic rings. The highest BCUT2D eigenvalue weighted by molar-refractivity contribution is 7.98. The molecule has 0 aliphatic carbocycles. The predicted octanol–water partition coefficient (Wildman–Crippen LogP) is 1.94. The van der Waals surface area contributed by atoms with Crippen LogP contribution in [0.4, 0.5) is 0 Å². The zero-order valence-electron chi connectivity index (χ0n) is 10.2. The summed E-state index contributed by atoms with van der Waals surface area (Å²) in [6, 6.07) is 3.22. The number of carbonyl (C=O) groups is 2. The van der Waals surface area contributed by atoms with Crippen molar-refractivity contribution in [1.82, 2.24) is 4.90 Å². The molecule has 6 heteroatoms. The molecular weight excluding hydrogens is 242 g/mol. The number of aliphatic carboxylic acids is 1. The minimum absolute atomic E-state index is 0.145. The van der Waals surface area contributed by atoms with E-state index in [-0.39, 0.29) is 5.76 Å². The number of hydrogen-bond acceptors (Lipinski definition) is 4. The zero-order chi connectivity index (χ0) is 13.2. The average molecular weight is 257 g/mol. The number of carboxylic acids is 1. The summed E-state index contributed by atoms with van der Waals surface area (Å²) in [7, 11) is 1.44. The number of nitrogens with zero attached hydrogens (tertiary/aromatic N) is 1. The van der Waals surface area contributed by atoms with Crippen molar-refractivity contribution in [3.8, 4) is 0 Å². The standard InChI is InChI=1S/C11H15NO4S/c1-11(2,10(14)15)12(3)9(13)7-5-6-8(16-7)17-4/h5-6H,1-4H3,(H,14,15). The van der Waals surface area contributed by atoms with Gasteiger partial charge in [-0.2, -0.15) is 0 Å². The molecule has 1 rings (SSSR count). The predicted molar refractivity (Wildman–Crippen MR) is 64.3 cm³/mol. The Kier molecular flexibility index (Phi) is 3.87. The Morgan fingerprint density at radius 1 is 1.41 bits per heavy atom. The minimum Gasteiger partial charge on any atom is -0.480 e. The molecule has 0 spiro atoms. The molecule has 0 aromatic carbocycles. The van der Waals surface area contributed by atoms with Crippen LogP contribution >= 0.6 is 11.8 Å². The fourth-order valence-electron chi connectivity index (χ4n) is 1.11. The molecule has 0 saturated carbocycles. The van der Waals surface area contributed by atoms with Crippen molar-refractivity contribution in [2.45, 2.75) is 24.5 Å². The van der Waals surface area contributed by atoms with Gasteiger partial charge in [-0.3, -0.25) is 4.79 Å². The van der Waals surface area contributed by atoms with Crippen molar-refractivity contribution in [1.29, 1.82) is 0 Å². The molecule has 94 valence electrons. The van der Waals surface area contributed by atoms with E-state index in [0.717, 1.165) is 4.90 Å². The number of thioether (sulfide) groups is 1. The van der Waals surface area contributed by atoms with E-state index in [0.29, 0.717) is 5.09 Å². The highest BCUT2D eigenvalue weighted by Crippen LogP contribution is 2.21. The summed E-state index contributed by atoms with van der Waals surface area (Å²) in [5.41, 5.74) is -1.27. The molecule has 1 amide bonds. The molecule has 5 nitrogen and oxygen atoms in total. The summed E-state index contributed by atoms with van der Waals surface area (Å²) in [6.07, 6.45) is 1.83. The van der Waals surface area contributed by atoms with Crippen LogP contribution in [-0.2, 0) is 4.79 Å². The normalized spacial score (nSPS) is 11.3. The first-order valence-corrected chi connectivity index (χ1v) is 6.18. The van der Waals surface area contributed by atoms with Crippen molar-refractivity contribution in [3.05, 3.63) is 17.9 Å². The van der Waals surface area contributed by atoms with E-state index in [2.05, 4.69) is 0 Å². The number of furan rings is 1. The van der Waals surface area contributed by atoms with Gasteiger partial charge in [-0.1, -0.05) is 11.8 Å². The smallest absolute Gasteiger partial charge is 0.329 e. The van der Waals surface area contributed by atoms with E-state index >= 15 is 0 Å². The van der Waals surface area contributed by atoms with Crippen LogP contribution in [-0.4, -0.2) is 40.7 Å². The van der Waals surface area contributed by atoms with Gasteiger partial charge < -0.3 is 14.4 Å². The van der Waals surface area contributed by atoms with Crippen LogP contribution in [0.5, 0.6) is 0 Å². The second-order valence-electron chi connectivity index (χ2n) is 4.05. The minimum atomic E-state index is -1.27. The Balaban J connectivity index is 2.94. The van der Waals surface area contributed by atoms with Crippen LogP contribution in [0.15, 0.2) is 21.6 Å². The molecule has 17 heavy (non-hydrogen) atoms. The largest absolute Gasteiger partial charge is 0.480 e. The van der Waals surface area contributed by atoms with Crippen LogP contribution < -0.4 is 0 Å². The number of carbonyl (C=O) groups excluding carboxylic acids is 1. The molecule has 0 radical (unpaired) electrons. The monoisotopic (exact) mass is 257 g/mol. The van der Waals surface area contributed by atoms with Gasteiger partial charge in [-0.15, -0.1) is 0 Å². The topological polar surface area (TPSA) is 70.8 Å². The summed E-state index contributed by atoms with van der Waals surface area (Å²) in [6.45, 7) is 2.93. The Labute approximate surface area is 104 Å². The fraction of sp³-hybridized carbons (Fsp3) is 0.455. The molecule has 0 fully saturated rings. The van der Waals surface area contributed by atoms with Crippen molar-refractivity contribution in [2.24, 2.45) is 0 Å². The third kappa shape index (κ3) is 2.63. The molecule has 1 N–H and O–H groups in total. The van der Waals surface area contributed by atoms with Gasteiger partial charge in [0.05, 0.1) is 0 Å². The highest BCUT2D eigenvalue weighted by atomic mass is 32.2. The van der Waals surface area contributed by atoms with Gasteiger partial charge in [0.25, 0.3) is 5.91 Å². The van der Waals surface area contributed by atoms with Gasteiger partial charge in [0, 0.05) is 7.05 Å². The van der Waals surface area contributed by atoms with Crippen LogP contribution in [0.3, 0.4) is 0 Å². The average Bonchev–Trinajstić information content (AvgIpc) is 2.75. The Morgan fingerprint density at radius 3 is 2.41 bits per heavy atom. The number of likely N-dealkylation sites (N-methyl/N-ethyl adjacent to an activating group) is 1. The van der Waals surface area contributed by atoms with Crippen molar-refractivity contribution >= 4 is 23.6 Å².